The molecular weight excluding hydrogens is 176 g/mol. The van der Waals surface area contributed by atoms with Crippen molar-refractivity contribution in [3.05, 3.63) is 28.6 Å². The molecule has 0 saturated carbocycles. The van der Waals surface area contributed by atoms with E-state index in [1.165, 1.54) is 6.07 Å². The van der Waals surface area contributed by atoms with Crippen LogP contribution in [0.2, 0.25) is 0 Å². The summed E-state index contributed by atoms with van der Waals surface area (Å²) in [5.74, 6) is 0. The molecule has 0 amide bonds. The molecule has 1 rings (SSSR count). The van der Waals surface area contributed by atoms with Gasteiger partial charge in [-0.1, -0.05) is 6.07 Å². The van der Waals surface area contributed by atoms with Crippen LogP contribution in [0.5, 0.6) is 0 Å². The third-order valence-electron chi connectivity index (χ3n) is 1.80. The van der Waals surface area contributed by atoms with Gasteiger partial charge in [0.25, 0.3) is 6.43 Å². The summed E-state index contributed by atoms with van der Waals surface area (Å²) in [5.41, 5.74) is 0.809. The van der Waals surface area contributed by atoms with Crippen LogP contribution in [0.25, 0.3) is 0 Å². The number of halogens is 2. The molecule has 4 heteroatoms. The molecule has 0 radical (unpaired) electrons. The lowest BCUT2D eigenvalue weighted by atomic mass is 10.1. The SMILES string of the molecule is Cc1cc(C)c(C(F)F)nc1C=O. The summed E-state index contributed by atoms with van der Waals surface area (Å²) in [6, 6.07) is 1.54. The minimum Gasteiger partial charge on any atom is -0.296 e. The van der Waals surface area contributed by atoms with Crippen molar-refractivity contribution in [1.82, 2.24) is 4.98 Å². The Labute approximate surface area is 74.6 Å². The van der Waals surface area contributed by atoms with Crippen molar-refractivity contribution in [1.29, 1.82) is 0 Å². The van der Waals surface area contributed by atoms with Gasteiger partial charge < -0.3 is 0 Å². The lowest BCUT2D eigenvalue weighted by Crippen LogP contribution is -2.01. The number of rotatable bonds is 2. The molecule has 0 fully saturated rings. The Morgan fingerprint density at radius 2 is 2.00 bits per heavy atom. The molecule has 0 unspecified atom stereocenters. The van der Waals surface area contributed by atoms with Gasteiger partial charge in [0.05, 0.1) is 0 Å². The Morgan fingerprint density at radius 3 is 2.46 bits per heavy atom. The molecule has 0 aromatic carbocycles. The van der Waals surface area contributed by atoms with E-state index < -0.39 is 6.43 Å². The lowest BCUT2D eigenvalue weighted by Gasteiger charge is -2.06. The summed E-state index contributed by atoms with van der Waals surface area (Å²) in [6.07, 6.45) is -2.14. The number of hydrogen-bond acceptors (Lipinski definition) is 2. The van der Waals surface area contributed by atoms with Crippen LogP contribution in [-0.2, 0) is 0 Å². The lowest BCUT2D eigenvalue weighted by molar-refractivity contribution is 0.111. The number of alkyl halides is 2. The summed E-state index contributed by atoms with van der Waals surface area (Å²) in [6.45, 7) is 3.22. The molecule has 0 aliphatic rings. The number of aromatic nitrogens is 1. The minimum atomic E-state index is -2.63. The van der Waals surface area contributed by atoms with Crippen molar-refractivity contribution in [3.63, 3.8) is 0 Å². The van der Waals surface area contributed by atoms with Crippen molar-refractivity contribution in [2.75, 3.05) is 0 Å². The maximum atomic E-state index is 12.3. The summed E-state index contributed by atoms with van der Waals surface area (Å²) in [5, 5.41) is 0. The normalized spacial score (nSPS) is 10.5. The zero-order valence-corrected chi connectivity index (χ0v) is 7.34. The minimum absolute atomic E-state index is 0.0842. The van der Waals surface area contributed by atoms with E-state index in [0.29, 0.717) is 17.4 Å². The van der Waals surface area contributed by atoms with Gasteiger partial charge in [-0.3, -0.25) is 4.79 Å². The van der Waals surface area contributed by atoms with Crippen molar-refractivity contribution in [2.24, 2.45) is 0 Å². The highest BCUT2D eigenvalue weighted by atomic mass is 19.3. The van der Waals surface area contributed by atoms with E-state index in [0.717, 1.165) is 0 Å². The Hall–Kier alpha value is -1.32. The van der Waals surface area contributed by atoms with E-state index in [-0.39, 0.29) is 11.4 Å². The van der Waals surface area contributed by atoms with E-state index in [1.54, 1.807) is 13.8 Å². The predicted molar refractivity (Wildman–Crippen MR) is 44.1 cm³/mol. The van der Waals surface area contributed by atoms with Crippen LogP contribution in [-0.4, -0.2) is 11.3 Å². The van der Waals surface area contributed by atoms with Crippen molar-refractivity contribution in [2.45, 2.75) is 20.3 Å². The molecule has 2 nitrogen and oxygen atoms in total. The van der Waals surface area contributed by atoms with Crippen LogP contribution in [0.1, 0.15) is 33.7 Å². The van der Waals surface area contributed by atoms with Gasteiger partial charge in [-0.2, -0.15) is 0 Å². The maximum absolute atomic E-state index is 12.3. The molecule has 1 aromatic rings. The van der Waals surface area contributed by atoms with E-state index in [2.05, 4.69) is 4.98 Å². The molecule has 0 atom stereocenters. The molecular formula is C9H9F2NO. The van der Waals surface area contributed by atoms with E-state index in [1.807, 2.05) is 0 Å². The highest BCUT2D eigenvalue weighted by Crippen LogP contribution is 2.21. The fourth-order valence-corrected chi connectivity index (χ4v) is 1.12. The molecule has 0 aliphatic carbocycles. The smallest absolute Gasteiger partial charge is 0.280 e. The number of aldehydes is 1. The molecule has 0 spiro atoms. The topological polar surface area (TPSA) is 30.0 Å². The van der Waals surface area contributed by atoms with Crippen LogP contribution >= 0.6 is 0 Å². The Morgan fingerprint density at radius 1 is 1.38 bits per heavy atom. The monoisotopic (exact) mass is 185 g/mol. The van der Waals surface area contributed by atoms with Gasteiger partial charge in [0.2, 0.25) is 0 Å². The number of nitrogens with zero attached hydrogens (tertiary/aromatic N) is 1. The van der Waals surface area contributed by atoms with Gasteiger partial charge in [-0.05, 0) is 25.0 Å². The van der Waals surface area contributed by atoms with Gasteiger partial charge in [0, 0.05) is 0 Å². The average Bonchev–Trinajstić information content (AvgIpc) is 2.03. The fraction of sp³-hybridized carbons (Fsp3) is 0.333. The molecule has 0 saturated heterocycles. The fourth-order valence-electron chi connectivity index (χ4n) is 1.12. The van der Waals surface area contributed by atoms with Gasteiger partial charge in [-0.15, -0.1) is 0 Å². The average molecular weight is 185 g/mol. The number of carbonyl (C=O) groups excluding carboxylic acids is 1. The first-order chi connectivity index (χ1) is 6.06. The van der Waals surface area contributed by atoms with Gasteiger partial charge in [0.15, 0.2) is 6.29 Å². The highest BCUT2D eigenvalue weighted by molar-refractivity contribution is 5.74. The summed E-state index contributed by atoms with van der Waals surface area (Å²) < 4.78 is 24.6. The standard InChI is InChI=1S/C9H9F2NO/c1-5-3-6(2)8(9(10)11)12-7(5)4-13/h3-4,9H,1-2H3. The Balaban J connectivity index is 3.30. The molecule has 0 bridgehead atoms. The molecule has 70 valence electrons. The van der Waals surface area contributed by atoms with Crippen LogP contribution < -0.4 is 0 Å². The number of pyridine rings is 1. The number of carbonyl (C=O) groups is 1. The van der Waals surface area contributed by atoms with E-state index in [9.17, 15) is 13.6 Å². The first-order valence-electron chi connectivity index (χ1n) is 3.77. The molecule has 0 aliphatic heterocycles. The maximum Gasteiger partial charge on any atom is 0.280 e. The third-order valence-corrected chi connectivity index (χ3v) is 1.80. The predicted octanol–water partition coefficient (Wildman–Crippen LogP) is 2.45. The first kappa shape index (κ1) is 9.77. The van der Waals surface area contributed by atoms with Crippen molar-refractivity contribution < 1.29 is 13.6 Å². The second-order valence-electron chi connectivity index (χ2n) is 2.81. The van der Waals surface area contributed by atoms with Crippen LogP contribution in [0.15, 0.2) is 6.07 Å². The van der Waals surface area contributed by atoms with E-state index >= 15 is 0 Å². The second-order valence-corrected chi connectivity index (χ2v) is 2.81. The largest absolute Gasteiger partial charge is 0.296 e. The summed E-state index contributed by atoms with van der Waals surface area (Å²) >= 11 is 0. The first-order valence-corrected chi connectivity index (χ1v) is 3.77. The summed E-state index contributed by atoms with van der Waals surface area (Å²) in [4.78, 5) is 14.0. The van der Waals surface area contributed by atoms with E-state index in [4.69, 9.17) is 0 Å². The zero-order chi connectivity index (χ0) is 10.0. The Kier molecular flexibility index (Phi) is 2.70. The summed E-state index contributed by atoms with van der Waals surface area (Å²) in [7, 11) is 0. The van der Waals surface area contributed by atoms with Gasteiger partial charge in [0.1, 0.15) is 11.4 Å². The molecule has 1 heterocycles. The number of aryl methyl sites for hydroxylation is 2. The van der Waals surface area contributed by atoms with Crippen LogP contribution in [0, 0.1) is 13.8 Å². The van der Waals surface area contributed by atoms with Crippen molar-refractivity contribution in [3.8, 4) is 0 Å². The third kappa shape index (κ3) is 1.88. The quantitative estimate of drug-likeness (QED) is 0.662. The van der Waals surface area contributed by atoms with Crippen LogP contribution in [0.3, 0.4) is 0 Å². The Bertz CT molecular complexity index is 337. The highest BCUT2D eigenvalue weighted by Gasteiger charge is 2.14. The molecule has 1 aromatic heterocycles. The zero-order valence-electron chi connectivity index (χ0n) is 7.34. The van der Waals surface area contributed by atoms with Crippen LogP contribution in [0.4, 0.5) is 8.78 Å². The molecule has 13 heavy (non-hydrogen) atoms. The number of hydrogen-bond donors (Lipinski definition) is 0. The second kappa shape index (κ2) is 3.60. The van der Waals surface area contributed by atoms with Gasteiger partial charge in [-0.25, -0.2) is 13.8 Å². The van der Waals surface area contributed by atoms with Gasteiger partial charge >= 0.3 is 0 Å². The van der Waals surface area contributed by atoms with Crippen molar-refractivity contribution >= 4 is 6.29 Å². The molecule has 0 N–H and O–H groups in total.